The van der Waals surface area contributed by atoms with E-state index in [0.717, 1.165) is 0 Å². The first kappa shape index (κ1) is 20.0. The first-order valence-corrected chi connectivity index (χ1v) is 8.50. The molecule has 0 aromatic heterocycles. The minimum atomic E-state index is -0.261. The average Bonchev–Trinajstić information content (AvgIpc) is 2.58. The SMILES string of the molecule is COc1ccc(NC(=O)CN(C)CC(=O)Nc2ccc(Cl)c(Cl)c2)cc1. The molecule has 2 N–H and O–H groups in total. The quantitative estimate of drug-likeness (QED) is 0.752. The van der Waals surface area contributed by atoms with Gasteiger partial charge in [0.25, 0.3) is 0 Å². The number of methoxy groups -OCH3 is 1. The van der Waals surface area contributed by atoms with Gasteiger partial charge < -0.3 is 15.4 Å². The molecule has 26 heavy (non-hydrogen) atoms. The van der Waals surface area contributed by atoms with Crippen LogP contribution in [0, 0.1) is 0 Å². The molecule has 6 nitrogen and oxygen atoms in total. The summed E-state index contributed by atoms with van der Waals surface area (Å²) in [7, 11) is 3.26. The number of nitrogens with zero attached hydrogens (tertiary/aromatic N) is 1. The maximum atomic E-state index is 12.1. The Morgan fingerprint density at radius 3 is 2.00 bits per heavy atom. The van der Waals surface area contributed by atoms with E-state index in [-0.39, 0.29) is 24.9 Å². The van der Waals surface area contributed by atoms with Crippen molar-refractivity contribution in [3.8, 4) is 5.75 Å². The Kier molecular flexibility index (Phi) is 7.26. The minimum absolute atomic E-state index is 0.0519. The van der Waals surface area contributed by atoms with Crippen molar-refractivity contribution in [2.45, 2.75) is 0 Å². The number of likely N-dealkylation sites (N-methyl/N-ethyl adjacent to an activating group) is 1. The van der Waals surface area contributed by atoms with Crippen molar-refractivity contribution in [2.24, 2.45) is 0 Å². The van der Waals surface area contributed by atoms with Crippen molar-refractivity contribution < 1.29 is 14.3 Å². The van der Waals surface area contributed by atoms with E-state index in [1.54, 1.807) is 61.5 Å². The molecule has 0 unspecified atom stereocenters. The van der Waals surface area contributed by atoms with Crippen molar-refractivity contribution in [1.82, 2.24) is 4.90 Å². The fourth-order valence-electron chi connectivity index (χ4n) is 2.20. The first-order valence-electron chi connectivity index (χ1n) is 7.74. The number of carbonyl (C=O) groups excluding carboxylic acids is 2. The van der Waals surface area contributed by atoms with Gasteiger partial charge in [0.05, 0.1) is 30.2 Å². The average molecular weight is 396 g/mol. The van der Waals surface area contributed by atoms with Gasteiger partial charge in [0.15, 0.2) is 0 Å². The third-order valence-corrected chi connectivity index (χ3v) is 4.14. The van der Waals surface area contributed by atoms with Crippen molar-refractivity contribution in [3.05, 3.63) is 52.5 Å². The van der Waals surface area contributed by atoms with Crippen LogP contribution < -0.4 is 15.4 Å². The zero-order chi connectivity index (χ0) is 19.1. The van der Waals surface area contributed by atoms with Gasteiger partial charge in [-0.25, -0.2) is 0 Å². The van der Waals surface area contributed by atoms with Crippen LogP contribution in [-0.2, 0) is 9.59 Å². The molecular formula is C18H19Cl2N3O3. The van der Waals surface area contributed by atoms with E-state index in [0.29, 0.717) is 27.2 Å². The molecule has 2 rings (SSSR count). The molecule has 2 aromatic carbocycles. The van der Waals surface area contributed by atoms with E-state index >= 15 is 0 Å². The molecule has 0 fully saturated rings. The summed E-state index contributed by atoms with van der Waals surface area (Å²) < 4.78 is 5.06. The van der Waals surface area contributed by atoms with Crippen molar-refractivity contribution in [3.63, 3.8) is 0 Å². The number of hydrogen-bond donors (Lipinski definition) is 2. The van der Waals surface area contributed by atoms with Crippen LogP contribution in [0.4, 0.5) is 11.4 Å². The highest BCUT2D eigenvalue weighted by atomic mass is 35.5. The highest BCUT2D eigenvalue weighted by Gasteiger charge is 2.12. The summed E-state index contributed by atoms with van der Waals surface area (Å²) in [5.74, 6) is 0.224. The van der Waals surface area contributed by atoms with Gasteiger partial charge in [0.2, 0.25) is 11.8 Å². The third kappa shape index (κ3) is 6.22. The van der Waals surface area contributed by atoms with E-state index in [1.165, 1.54) is 0 Å². The van der Waals surface area contributed by atoms with Crippen molar-refractivity contribution in [1.29, 1.82) is 0 Å². The summed E-state index contributed by atoms with van der Waals surface area (Å²) in [5.41, 5.74) is 1.20. The number of rotatable bonds is 7. The lowest BCUT2D eigenvalue weighted by Crippen LogP contribution is -2.36. The first-order chi connectivity index (χ1) is 12.4. The Morgan fingerprint density at radius 1 is 0.923 bits per heavy atom. The van der Waals surface area contributed by atoms with Crippen LogP contribution in [0.2, 0.25) is 10.0 Å². The van der Waals surface area contributed by atoms with Crippen LogP contribution >= 0.6 is 23.2 Å². The lowest BCUT2D eigenvalue weighted by molar-refractivity contribution is -0.119. The van der Waals surface area contributed by atoms with Crippen LogP contribution in [0.15, 0.2) is 42.5 Å². The molecule has 2 amide bonds. The van der Waals surface area contributed by atoms with Gasteiger partial charge in [-0.1, -0.05) is 23.2 Å². The second-order valence-electron chi connectivity index (χ2n) is 5.63. The zero-order valence-corrected chi connectivity index (χ0v) is 15.9. The van der Waals surface area contributed by atoms with Crippen LogP contribution in [0.25, 0.3) is 0 Å². The minimum Gasteiger partial charge on any atom is -0.497 e. The van der Waals surface area contributed by atoms with E-state index in [4.69, 9.17) is 27.9 Å². The van der Waals surface area contributed by atoms with Crippen LogP contribution in [0.1, 0.15) is 0 Å². The summed E-state index contributed by atoms with van der Waals surface area (Å²) in [6.45, 7) is 0.122. The van der Waals surface area contributed by atoms with Gasteiger partial charge in [0.1, 0.15) is 5.75 Å². The highest BCUT2D eigenvalue weighted by molar-refractivity contribution is 6.42. The summed E-state index contributed by atoms with van der Waals surface area (Å²) in [5, 5.41) is 6.24. The van der Waals surface area contributed by atoms with E-state index in [2.05, 4.69) is 10.6 Å². The largest absolute Gasteiger partial charge is 0.497 e. The molecule has 0 bridgehead atoms. The van der Waals surface area contributed by atoms with Crippen LogP contribution in [-0.4, -0.2) is 44.0 Å². The van der Waals surface area contributed by atoms with Crippen LogP contribution in [0.5, 0.6) is 5.75 Å². The standard InChI is InChI=1S/C18H19Cl2N3O3/c1-23(10-17(24)21-12-3-6-14(26-2)7-4-12)11-18(25)22-13-5-8-15(19)16(20)9-13/h3-9H,10-11H2,1-2H3,(H,21,24)(H,22,25). The molecule has 0 aliphatic carbocycles. The molecule has 0 atom stereocenters. The molecule has 8 heteroatoms. The normalized spacial score (nSPS) is 10.5. The highest BCUT2D eigenvalue weighted by Crippen LogP contribution is 2.24. The van der Waals surface area contributed by atoms with E-state index in [9.17, 15) is 9.59 Å². The van der Waals surface area contributed by atoms with E-state index < -0.39 is 0 Å². The third-order valence-electron chi connectivity index (χ3n) is 3.40. The molecule has 0 saturated heterocycles. The molecule has 0 radical (unpaired) electrons. The smallest absolute Gasteiger partial charge is 0.238 e. The predicted octanol–water partition coefficient (Wildman–Crippen LogP) is 3.51. The molecule has 0 saturated carbocycles. The summed E-state index contributed by atoms with van der Waals surface area (Å²) >= 11 is 11.8. The number of anilines is 2. The lowest BCUT2D eigenvalue weighted by Gasteiger charge is -2.16. The number of benzene rings is 2. The number of ether oxygens (including phenoxy) is 1. The Labute approximate surface area is 162 Å². The van der Waals surface area contributed by atoms with Gasteiger partial charge in [-0.05, 0) is 49.5 Å². The number of amides is 2. The molecule has 2 aromatic rings. The summed E-state index contributed by atoms with van der Waals surface area (Å²) in [4.78, 5) is 25.7. The molecule has 0 spiro atoms. The molecule has 0 aliphatic rings. The van der Waals surface area contributed by atoms with Gasteiger partial charge >= 0.3 is 0 Å². The summed E-state index contributed by atoms with van der Waals surface area (Å²) in [6.07, 6.45) is 0. The van der Waals surface area contributed by atoms with Gasteiger partial charge in [-0.2, -0.15) is 0 Å². The summed E-state index contributed by atoms with van der Waals surface area (Å²) in [6, 6.07) is 11.8. The fraction of sp³-hybridized carbons (Fsp3) is 0.222. The van der Waals surface area contributed by atoms with Gasteiger partial charge in [0, 0.05) is 11.4 Å². The maximum absolute atomic E-state index is 12.1. The number of halogens is 2. The van der Waals surface area contributed by atoms with Crippen LogP contribution in [0.3, 0.4) is 0 Å². The predicted molar refractivity (Wildman–Crippen MR) is 104 cm³/mol. The lowest BCUT2D eigenvalue weighted by atomic mass is 10.3. The number of nitrogens with one attached hydrogen (secondary N) is 2. The molecular weight excluding hydrogens is 377 g/mol. The topological polar surface area (TPSA) is 70.7 Å². The molecule has 0 aliphatic heterocycles. The Hall–Kier alpha value is -2.28. The zero-order valence-electron chi connectivity index (χ0n) is 14.4. The second-order valence-corrected chi connectivity index (χ2v) is 6.44. The van der Waals surface area contributed by atoms with Gasteiger partial charge in [-0.15, -0.1) is 0 Å². The Balaban J connectivity index is 1.80. The molecule has 138 valence electrons. The Morgan fingerprint density at radius 2 is 1.46 bits per heavy atom. The molecule has 0 heterocycles. The monoisotopic (exact) mass is 395 g/mol. The number of carbonyl (C=O) groups is 2. The van der Waals surface area contributed by atoms with Crippen molar-refractivity contribution in [2.75, 3.05) is 37.9 Å². The van der Waals surface area contributed by atoms with Crippen molar-refractivity contribution >= 4 is 46.4 Å². The Bertz CT molecular complexity index is 782. The van der Waals surface area contributed by atoms with E-state index in [1.807, 2.05) is 0 Å². The second kappa shape index (κ2) is 9.43. The number of hydrogen-bond acceptors (Lipinski definition) is 4. The maximum Gasteiger partial charge on any atom is 0.238 e. The fourth-order valence-corrected chi connectivity index (χ4v) is 2.49. The van der Waals surface area contributed by atoms with Gasteiger partial charge in [-0.3, -0.25) is 14.5 Å².